The monoisotopic (exact) mass is 606 g/mol. The van der Waals surface area contributed by atoms with Crippen molar-refractivity contribution in [1.82, 2.24) is 15.2 Å². The van der Waals surface area contributed by atoms with Crippen molar-refractivity contribution in [2.24, 2.45) is 0 Å². The highest BCUT2D eigenvalue weighted by Crippen LogP contribution is 2.40. The molecule has 4 N–H and O–H groups in total. The van der Waals surface area contributed by atoms with E-state index in [0.29, 0.717) is 22.1 Å². The lowest BCUT2D eigenvalue weighted by atomic mass is 10.0. The first-order valence-corrected chi connectivity index (χ1v) is 14.2. The van der Waals surface area contributed by atoms with E-state index in [0.717, 1.165) is 22.5 Å². The van der Waals surface area contributed by atoms with Gasteiger partial charge < -0.3 is 30.2 Å². The molecule has 1 aliphatic heterocycles. The van der Waals surface area contributed by atoms with Crippen LogP contribution >= 0.6 is 12.2 Å². The maximum atomic E-state index is 13.1. The quantitative estimate of drug-likeness (QED) is 0.150. The van der Waals surface area contributed by atoms with E-state index in [1.54, 1.807) is 18.3 Å². The number of benzene rings is 3. The molecule has 44 heavy (non-hydrogen) atoms. The molecule has 10 nitrogen and oxygen atoms in total. The highest BCUT2D eigenvalue weighted by Gasteiger charge is 2.41. The third-order valence-electron chi connectivity index (χ3n) is 7.47. The molecule has 0 unspecified atom stereocenters. The largest absolute Gasteiger partial charge is 0.478 e. The van der Waals surface area contributed by atoms with Crippen molar-refractivity contribution < 1.29 is 29.0 Å². The molecule has 5 aromatic rings. The number of hydrogen-bond donors (Lipinski definition) is 4. The standard InChI is InChI=1S/C33H26N4O6S/c38-28(35-24-10-5-7-19-6-1-2-8-23(19)24)13-15-37-30(29(36-33(37)44)25-9-3-4-14-34-25)27-12-11-26(43-27)20-16-21(31(39)40)18-22(17-20)32(41)42/h1-12,14,16-18,29-30H,13,15H2,(H,35,38)(H,36,44)(H,39,40)(H,41,42)/t29-,30-/m0/s1. The van der Waals surface area contributed by atoms with Crippen LogP contribution in [-0.4, -0.2) is 49.6 Å². The lowest BCUT2D eigenvalue weighted by Crippen LogP contribution is -2.32. The van der Waals surface area contributed by atoms with Gasteiger partial charge in [0.1, 0.15) is 17.6 Å². The minimum atomic E-state index is -1.25. The van der Waals surface area contributed by atoms with Crippen LogP contribution in [-0.2, 0) is 4.79 Å². The Morgan fingerprint density at radius 1 is 0.909 bits per heavy atom. The predicted molar refractivity (Wildman–Crippen MR) is 167 cm³/mol. The number of carboxylic acids is 2. The summed E-state index contributed by atoms with van der Waals surface area (Å²) in [5.41, 5.74) is 1.38. The van der Waals surface area contributed by atoms with E-state index >= 15 is 0 Å². The smallest absolute Gasteiger partial charge is 0.335 e. The zero-order valence-electron chi connectivity index (χ0n) is 23.1. The van der Waals surface area contributed by atoms with Gasteiger partial charge in [-0.2, -0.15) is 0 Å². The molecule has 2 atom stereocenters. The second-order valence-corrected chi connectivity index (χ2v) is 10.6. The lowest BCUT2D eigenvalue weighted by molar-refractivity contribution is -0.116. The molecule has 1 aliphatic rings. The SMILES string of the molecule is O=C(CCN1C(=S)N[C@@H](c2ccccn2)[C@@H]1c1ccc(-c2cc(C(=O)O)cc(C(=O)O)c2)o1)Nc1cccc2ccccc12. The zero-order chi connectivity index (χ0) is 30.8. The molecular weight excluding hydrogens is 580 g/mol. The number of rotatable bonds is 9. The Bertz CT molecular complexity index is 1870. The number of amides is 1. The highest BCUT2D eigenvalue weighted by atomic mass is 32.1. The number of aromatic carboxylic acids is 2. The number of nitrogens with one attached hydrogen (secondary N) is 2. The van der Waals surface area contributed by atoms with Gasteiger partial charge in [-0.25, -0.2) is 9.59 Å². The van der Waals surface area contributed by atoms with E-state index in [9.17, 15) is 24.6 Å². The number of fused-ring (bicyclic) bond motifs is 1. The van der Waals surface area contributed by atoms with Crippen LogP contribution in [0.1, 0.15) is 50.7 Å². The molecule has 220 valence electrons. The number of aromatic nitrogens is 1. The topological polar surface area (TPSA) is 145 Å². The van der Waals surface area contributed by atoms with Crippen molar-refractivity contribution in [3.05, 3.63) is 120 Å². The molecule has 1 fully saturated rings. The first-order chi connectivity index (χ1) is 21.3. The Labute approximate surface area is 257 Å². The first kappa shape index (κ1) is 28.6. The molecule has 0 bridgehead atoms. The Hall–Kier alpha value is -5.55. The number of pyridine rings is 1. The average Bonchev–Trinajstić information content (AvgIpc) is 3.65. The number of nitrogens with zero attached hydrogens (tertiary/aromatic N) is 2. The average molecular weight is 607 g/mol. The van der Waals surface area contributed by atoms with Crippen LogP contribution < -0.4 is 10.6 Å². The number of anilines is 1. The van der Waals surface area contributed by atoms with Crippen molar-refractivity contribution in [2.75, 3.05) is 11.9 Å². The molecular formula is C33H26N4O6S. The minimum Gasteiger partial charge on any atom is -0.478 e. The van der Waals surface area contributed by atoms with E-state index in [2.05, 4.69) is 15.6 Å². The van der Waals surface area contributed by atoms with Gasteiger partial charge in [0, 0.05) is 35.8 Å². The number of carbonyl (C=O) groups excluding carboxylic acids is 1. The minimum absolute atomic E-state index is 0.132. The molecule has 0 radical (unpaired) electrons. The Morgan fingerprint density at radius 2 is 1.64 bits per heavy atom. The molecule has 0 aliphatic carbocycles. The lowest BCUT2D eigenvalue weighted by Gasteiger charge is -2.26. The van der Waals surface area contributed by atoms with Gasteiger partial charge in [0.25, 0.3) is 0 Å². The maximum Gasteiger partial charge on any atom is 0.335 e. The third kappa shape index (κ3) is 5.72. The summed E-state index contributed by atoms with van der Waals surface area (Å²) < 4.78 is 6.25. The Kier molecular flexibility index (Phi) is 7.78. The number of carbonyl (C=O) groups is 3. The van der Waals surface area contributed by atoms with Crippen LogP contribution in [0.25, 0.3) is 22.1 Å². The molecule has 0 saturated carbocycles. The first-order valence-electron chi connectivity index (χ1n) is 13.8. The van der Waals surface area contributed by atoms with Crippen LogP contribution in [0.3, 0.4) is 0 Å². The summed E-state index contributed by atoms with van der Waals surface area (Å²) in [5, 5.41) is 27.7. The van der Waals surface area contributed by atoms with Crippen LogP contribution in [0, 0.1) is 0 Å². The van der Waals surface area contributed by atoms with E-state index in [1.807, 2.05) is 65.6 Å². The summed E-state index contributed by atoms with van der Waals surface area (Å²) in [7, 11) is 0. The Morgan fingerprint density at radius 3 is 2.36 bits per heavy atom. The second-order valence-electron chi connectivity index (χ2n) is 10.3. The molecule has 2 aromatic heterocycles. The summed E-state index contributed by atoms with van der Waals surface area (Å²) in [4.78, 5) is 42.9. The van der Waals surface area contributed by atoms with Crippen molar-refractivity contribution in [3.63, 3.8) is 0 Å². The molecule has 1 saturated heterocycles. The summed E-state index contributed by atoms with van der Waals surface area (Å²) in [6, 6.07) is 25.4. The molecule has 3 heterocycles. The highest BCUT2D eigenvalue weighted by molar-refractivity contribution is 7.80. The van der Waals surface area contributed by atoms with Crippen molar-refractivity contribution in [1.29, 1.82) is 0 Å². The van der Waals surface area contributed by atoms with Gasteiger partial charge in [-0.1, -0.05) is 42.5 Å². The predicted octanol–water partition coefficient (Wildman–Crippen LogP) is 5.89. The zero-order valence-corrected chi connectivity index (χ0v) is 24.0. The normalized spacial score (nSPS) is 16.1. The van der Waals surface area contributed by atoms with Gasteiger partial charge >= 0.3 is 11.9 Å². The molecule has 1 amide bonds. The second kappa shape index (κ2) is 12.0. The van der Waals surface area contributed by atoms with E-state index in [1.165, 1.54) is 12.1 Å². The molecule has 6 rings (SSSR count). The number of carboxylic acid groups (broad SMARTS) is 2. The maximum absolute atomic E-state index is 13.1. The van der Waals surface area contributed by atoms with Gasteiger partial charge in [-0.15, -0.1) is 0 Å². The summed E-state index contributed by atoms with van der Waals surface area (Å²) in [6.45, 7) is 0.268. The van der Waals surface area contributed by atoms with Gasteiger partial charge in [-0.05, 0) is 66.1 Å². The van der Waals surface area contributed by atoms with E-state index in [-0.39, 0.29) is 35.8 Å². The summed E-state index contributed by atoms with van der Waals surface area (Å²) >= 11 is 5.71. The van der Waals surface area contributed by atoms with E-state index < -0.39 is 24.0 Å². The Balaban J connectivity index is 1.29. The fraction of sp³-hybridized carbons (Fsp3) is 0.121. The van der Waals surface area contributed by atoms with Crippen molar-refractivity contribution in [2.45, 2.75) is 18.5 Å². The van der Waals surface area contributed by atoms with Crippen LogP contribution in [0.2, 0.25) is 0 Å². The van der Waals surface area contributed by atoms with Gasteiger partial charge in [-0.3, -0.25) is 9.78 Å². The van der Waals surface area contributed by atoms with Crippen LogP contribution in [0.5, 0.6) is 0 Å². The van der Waals surface area contributed by atoms with Crippen molar-refractivity contribution in [3.8, 4) is 11.3 Å². The fourth-order valence-electron chi connectivity index (χ4n) is 5.41. The molecule has 3 aromatic carbocycles. The van der Waals surface area contributed by atoms with Gasteiger partial charge in [0.15, 0.2) is 5.11 Å². The fourth-order valence-corrected chi connectivity index (χ4v) is 5.74. The number of furan rings is 1. The van der Waals surface area contributed by atoms with Crippen LogP contribution in [0.15, 0.2) is 102 Å². The summed E-state index contributed by atoms with van der Waals surface area (Å²) in [6.07, 6.45) is 1.81. The van der Waals surface area contributed by atoms with E-state index in [4.69, 9.17) is 16.6 Å². The van der Waals surface area contributed by atoms with Crippen LogP contribution in [0.4, 0.5) is 5.69 Å². The molecule has 0 spiro atoms. The molecule has 11 heteroatoms. The van der Waals surface area contributed by atoms with Gasteiger partial charge in [0.2, 0.25) is 5.91 Å². The third-order valence-corrected chi connectivity index (χ3v) is 7.82. The van der Waals surface area contributed by atoms with Crippen molar-refractivity contribution >= 4 is 51.6 Å². The summed E-state index contributed by atoms with van der Waals surface area (Å²) in [5.74, 6) is -1.92. The van der Waals surface area contributed by atoms with Gasteiger partial charge in [0.05, 0.1) is 22.9 Å². The number of thiocarbonyl (C=S) groups is 1. The number of hydrogen-bond acceptors (Lipinski definition) is 6.